The van der Waals surface area contributed by atoms with E-state index >= 15 is 0 Å². The molecule has 0 bridgehead atoms. The lowest BCUT2D eigenvalue weighted by molar-refractivity contribution is -0.148. The van der Waals surface area contributed by atoms with Crippen molar-refractivity contribution in [3.8, 4) is 0 Å². The zero-order valence-electron chi connectivity index (χ0n) is 9.26. The minimum absolute atomic E-state index is 0.0359. The molecule has 13 heavy (non-hydrogen) atoms. The summed E-state index contributed by atoms with van der Waals surface area (Å²) in [5, 5.41) is 3.26. The van der Waals surface area contributed by atoms with E-state index in [1.165, 1.54) is 0 Å². The Hall–Kier alpha value is -0.570. The SMILES string of the molecule is CC(C)NC(C)COC(=O)C(C)C. The fourth-order valence-corrected chi connectivity index (χ4v) is 0.991. The molecule has 3 heteroatoms. The zero-order chi connectivity index (χ0) is 10.4. The number of carbonyl (C=O) groups is 1. The van der Waals surface area contributed by atoms with E-state index < -0.39 is 0 Å². The number of esters is 1. The van der Waals surface area contributed by atoms with E-state index in [0.717, 1.165) is 0 Å². The van der Waals surface area contributed by atoms with E-state index in [1.54, 1.807) is 0 Å². The number of hydrogen-bond acceptors (Lipinski definition) is 3. The molecule has 3 nitrogen and oxygen atoms in total. The first kappa shape index (κ1) is 12.4. The molecule has 0 saturated carbocycles. The maximum absolute atomic E-state index is 11.1. The van der Waals surface area contributed by atoms with Gasteiger partial charge in [0, 0.05) is 12.1 Å². The van der Waals surface area contributed by atoms with Crippen molar-refractivity contribution in [2.45, 2.75) is 46.7 Å². The van der Waals surface area contributed by atoms with Crippen molar-refractivity contribution < 1.29 is 9.53 Å². The van der Waals surface area contributed by atoms with E-state index in [1.807, 2.05) is 20.8 Å². The molecule has 78 valence electrons. The molecule has 0 fully saturated rings. The van der Waals surface area contributed by atoms with Gasteiger partial charge in [0.05, 0.1) is 5.92 Å². The van der Waals surface area contributed by atoms with Crippen LogP contribution >= 0.6 is 0 Å². The number of carbonyl (C=O) groups excluding carboxylic acids is 1. The van der Waals surface area contributed by atoms with Gasteiger partial charge in [-0.25, -0.2) is 0 Å². The molecule has 0 amide bonds. The van der Waals surface area contributed by atoms with Crippen LogP contribution in [0.25, 0.3) is 0 Å². The van der Waals surface area contributed by atoms with E-state index in [2.05, 4.69) is 19.2 Å². The molecule has 0 spiro atoms. The number of rotatable bonds is 5. The molecule has 0 aromatic heterocycles. The minimum atomic E-state index is -0.127. The monoisotopic (exact) mass is 187 g/mol. The van der Waals surface area contributed by atoms with Gasteiger partial charge < -0.3 is 10.1 Å². The highest BCUT2D eigenvalue weighted by Crippen LogP contribution is 1.97. The first-order valence-electron chi connectivity index (χ1n) is 4.86. The third-order valence-electron chi connectivity index (χ3n) is 1.56. The second kappa shape index (κ2) is 5.97. The van der Waals surface area contributed by atoms with Gasteiger partial charge in [0.1, 0.15) is 6.61 Å². The van der Waals surface area contributed by atoms with Crippen molar-refractivity contribution in [1.29, 1.82) is 0 Å². The van der Waals surface area contributed by atoms with Gasteiger partial charge in [-0.1, -0.05) is 27.7 Å². The standard InChI is InChI=1S/C10H21NO2/c1-7(2)10(12)13-6-9(5)11-8(3)4/h7-9,11H,6H2,1-5H3. The summed E-state index contributed by atoms with van der Waals surface area (Å²) in [7, 11) is 0. The van der Waals surface area contributed by atoms with Gasteiger partial charge in [-0.05, 0) is 6.92 Å². The summed E-state index contributed by atoms with van der Waals surface area (Å²) in [6.45, 7) is 10.3. The number of hydrogen-bond donors (Lipinski definition) is 1. The van der Waals surface area contributed by atoms with Crippen LogP contribution in [-0.4, -0.2) is 24.7 Å². The van der Waals surface area contributed by atoms with Crippen LogP contribution in [0.4, 0.5) is 0 Å². The summed E-state index contributed by atoms with van der Waals surface area (Å²) < 4.78 is 5.06. The van der Waals surface area contributed by atoms with E-state index in [4.69, 9.17) is 4.74 Å². The number of nitrogens with one attached hydrogen (secondary N) is 1. The van der Waals surface area contributed by atoms with Gasteiger partial charge in [0.2, 0.25) is 0 Å². The van der Waals surface area contributed by atoms with Crippen LogP contribution in [-0.2, 0) is 9.53 Å². The number of ether oxygens (including phenoxy) is 1. The van der Waals surface area contributed by atoms with E-state index in [9.17, 15) is 4.79 Å². The molecule has 1 N–H and O–H groups in total. The van der Waals surface area contributed by atoms with Gasteiger partial charge in [0.25, 0.3) is 0 Å². The molecule has 0 aliphatic carbocycles. The summed E-state index contributed by atoms with van der Waals surface area (Å²) in [5.74, 6) is -0.163. The topological polar surface area (TPSA) is 38.3 Å². The second-order valence-corrected chi connectivity index (χ2v) is 4.01. The Balaban J connectivity index is 3.58. The summed E-state index contributed by atoms with van der Waals surface area (Å²) in [5.41, 5.74) is 0. The zero-order valence-corrected chi connectivity index (χ0v) is 9.26. The third-order valence-corrected chi connectivity index (χ3v) is 1.56. The quantitative estimate of drug-likeness (QED) is 0.664. The largest absolute Gasteiger partial charge is 0.464 e. The summed E-state index contributed by atoms with van der Waals surface area (Å²) in [6, 6.07) is 0.649. The van der Waals surface area contributed by atoms with Crippen molar-refractivity contribution in [1.82, 2.24) is 5.32 Å². The van der Waals surface area contributed by atoms with Crippen molar-refractivity contribution in [2.24, 2.45) is 5.92 Å². The Bertz CT molecular complexity index is 155. The maximum Gasteiger partial charge on any atom is 0.308 e. The smallest absolute Gasteiger partial charge is 0.308 e. The lowest BCUT2D eigenvalue weighted by Crippen LogP contribution is -2.36. The summed E-state index contributed by atoms with van der Waals surface area (Å²) in [4.78, 5) is 11.1. The molecule has 0 aliphatic rings. The van der Waals surface area contributed by atoms with Crippen LogP contribution < -0.4 is 5.32 Å². The second-order valence-electron chi connectivity index (χ2n) is 4.01. The van der Waals surface area contributed by atoms with Gasteiger partial charge in [-0.15, -0.1) is 0 Å². The molecular formula is C10H21NO2. The van der Waals surface area contributed by atoms with Gasteiger partial charge in [0.15, 0.2) is 0 Å². The van der Waals surface area contributed by atoms with Crippen LogP contribution in [0.2, 0.25) is 0 Å². The fraction of sp³-hybridized carbons (Fsp3) is 0.900. The first-order valence-corrected chi connectivity index (χ1v) is 4.86. The van der Waals surface area contributed by atoms with Crippen molar-refractivity contribution in [3.63, 3.8) is 0 Å². The van der Waals surface area contributed by atoms with Crippen LogP contribution in [0.3, 0.4) is 0 Å². The average molecular weight is 187 g/mol. The van der Waals surface area contributed by atoms with Gasteiger partial charge >= 0.3 is 5.97 Å². The minimum Gasteiger partial charge on any atom is -0.464 e. The molecule has 1 unspecified atom stereocenters. The Kier molecular flexibility index (Phi) is 5.71. The van der Waals surface area contributed by atoms with Crippen LogP contribution in [0, 0.1) is 5.92 Å². The first-order chi connectivity index (χ1) is 5.93. The predicted molar refractivity (Wildman–Crippen MR) is 53.5 cm³/mol. The van der Waals surface area contributed by atoms with Crippen molar-refractivity contribution in [2.75, 3.05) is 6.61 Å². The Morgan fingerprint density at radius 2 is 1.77 bits per heavy atom. The molecule has 1 atom stereocenters. The predicted octanol–water partition coefficient (Wildman–Crippen LogP) is 1.57. The van der Waals surface area contributed by atoms with Crippen molar-refractivity contribution in [3.05, 3.63) is 0 Å². The lowest BCUT2D eigenvalue weighted by Gasteiger charge is -2.17. The average Bonchev–Trinajstić information content (AvgIpc) is 1.98. The van der Waals surface area contributed by atoms with Crippen LogP contribution in [0.1, 0.15) is 34.6 Å². The Labute approximate surface area is 80.8 Å². The normalized spacial score (nSPS) is 13.5. The van der Waals surface area contributed by atoms with Crippen molar-refractivity contribution >= 4 is 5.97 Å². The highest BCUT2D eigenvalue weighted by molar-refractivity contribution is 5.71. The molecule has 0 aliphatic heterocycles. The van der Waals surface area contributed by atoms with E-state index in [-0.39, 0.29) is 17.9 Å². The molecule has 0 rings (SSSR count). The molecule has 0 heterocycles. The van der Waals surface area contributed by atoms with E-state index in [0.29, 0.717) is 12.6 Å². The molecule has 0 aromatic carbocycles. The molecule has 0 radical (unpaired) electrons. The molecule has 0 aromatic rings. The highest BCUT2D eigenvalue weighted by Gasteiger charge is 2.10. The maximum atomic E-state index is 11.1. The highest BCUT2D eigenvalue weighted by atomic mass is 16.5. The summed E-state index contributed by atoms with van der Waals surface area (Å²) >= 11 is 0. The lowest BCUT2D eigenvalue weighted by atomic mass is 10.2. The van der Waals surface area contributed by atoms with Crippen LogP contribution in [0.15, 0.2) is 0 Å². The van der Waals surface area contributed by atoms with Gasteiger partial charge in [-0.3, -0.25) is 4.79 Å². The summed E-state index contributed by atoms with van der Waals surface area (Å²) in [6.07, 6.45) is 0. The Morgan fingerprint density at radius 3 is 2.15 bits per heavy atom. The molecule has 0 saturated heterocycles. The van der Waals surface area contributed by atoms with Gasteiger partial charge in [-0.2, -0.15) is 0 Å². The Morgan fingerprint density at radius 1 is 1.23 bits per heavy atom. The van der Waals surface area contributed by atoms with Crippen LogP contribution in [0.5, 0.6) is 0 Å². The third kappa shape index (κ3) is 6.58. The fourth-order valence-electron chi connectivity index (χ4n) is 0.991. The molecular weight excluding hydrogens is 166 g/mol.